The second-order valence-electron chi connectivity index (χ2n) is 9.09. The zero-order valence-corrected chi connectivity index (χ0v) is 15.5. The summed E-state index contributed by atoms with van der Waals surface area (Å²) >= 11 is 0. The van der Waals surface area contributed by atoms with Crippen molar-refractivity contribution in [1.82, 2.24) is 0 Å². The third-order valence-corrected chi connectivity index (χ3v) is 7.87. The molecule has 7 atom stereocenters. The highest BCUT2D eigenvalue weighted by molar-refractivity contribution is 5.66. The van der Waals surface area contributed by atoms with Gasteiger partial charge in [0.2, 0.25) is 0 Å². The molecule has 0 heterocycles. The summed E-state index contributed by atoms with van der Waals surface area (Å²) < 4.78 is 20.7. The van der Waals surface area contributed by atoms with Gasteiger partial charge in [0.1, 0.15) is 12.3 Å². The number of allylic oxidation sites excluding steroid dienone is 1. The molecule has 0 bridgehead atoms. The van der Waals surface area contributed by atoms with E-state index in [1.807, 2.05) is 0 Å². The Kier molecular flexibility index (Phi) is 4.46. The molecule has 4 aliphatic carbocycles. The van der Waals surface area contributed by atoms with E-state index < -0.39 is 6.17 Å². The molecule has 4 rings (SSSR count). The maximum atomic E-state index is 15.3. The summed E-state index contributed by atoms with van der Waals surface area (Å²) in [5, 5.41) is 10.5. The van der Waals surface area contributed by atoms with Gasteiger partial charge in [-0.3, -0.25) is 4.79 Å². The number of alkyl halides is 1. The van der Waals surface area contributed by atoms with E-state index in [1.165, 1.54) is 18.1 Å². The van der Waals surface area contributed by atoms with Gasteiger partial charge in [-0.15, -0.1) is 0 Å². The molecule has 2 fully saturated rings. The molecule has 2 saturated carbocycles. The highest BCUT2D eigenvalue weighted by atomic mass is 19.1. The first-order valence-electron chi connectivity index (χ1n) is 10.1. The summed E-state index contributed by atoms with van der Waals surface area (Å²) in [6, 6.07) is 0. The van der Waals surface area contributed by atoms with E-state index in [1.54, 1.807) is 0 Å². The van der Waals surface area contributed by atoms with Gasteiger partial charge in [-0.1, -0.05) is 18.1 Å². The lowest BCUT2D eigenvalue weighted by Crippen LogP contribution is -2.46. The Bertz CT molecular complexity index is 586. The number of carbonyl (C=O) groups excluding carboxylic acids is 1. The van der Waals surface area contributed by atoms with Crippen LogP contribution in [0.4, 0.5) is 4.39 Å². The fourth-order valence-electron chi connectivity index (χ4n) is 6.63. The van der Waals surface area contributed by atoms with Gasteiger partial charge in [-0.25, -0.2) is 4.39 Å². The highest BCUT2D eigenvalue weighted by Gasteiger charge is 2.56. The average molecular weight is 350 g/mol. The summed E-state index contributed by atoms with van der Waals surface area (Å²) in [4.78, 5) is 11.3. The molecule has 0 aromatic carbocycles. The molecule has 0 aliphatic heterocycles. The summed E-state index contributed by atoms with van der Waals surface area (Å²) in [5.74, 6) is 0.523. The fraction of sp³-hybridized carbons (Fsp3) is 0.857. The molecule has 25 heavy (non-hydrogen) atoms. The van der Waals surface area contributed by atoms with E-state index in [0.717, 1.165) is 51.4 Å². The summed E-state index contributed by atoms with van der Waals surface area (Å²) in [5.41, 5.74) is 2.76. The van der Waals surface area contributed by atoms with Crippen molar-refractivity contribution in [3.8, 4) is 0 Å². The molecule has 0 saturated heterocycles. The molecule has 1 N–H and O–H groups in total. The second kappa shape index (κ2) is 6.37. The predicted octanol–water partition coefficient (Wildman–Crippen LogP) is 4.33. The Morgan fingerprint density at radius 2 is 2.00 bits per heavy atom. The third kappa shape index (κ3) is 2.85. The summed E-state index contributed by atoms with van der Waals surface area (Å²) in [7, 11) is 0. The van der Waals surface area contributed by atoms with Crippen LogP contribution in [0.15, 0.2) is 11.1 Å². The molecule has 4 aliphatic rings. The molecule has 3 nitrogen and oxygen atoms in total. The molecule has 0 unspecified atom stereocenters. The number of halogens is 1. The van der Waals surface area contributed by atoms with Crippen LogP contribution < -0.4 is 0 Å². The Morgan fingerprint density at radius 1 is 1.20 bits per heavy atom. The van der Waals surface area contributed by atoms with E-state index in [9.17, 15) is 9.90 Å². The Hall–Kier alpha value is -0.900. The van der Waals surface area contributed by atoms with Gasteiger partial charge in [-0.2, -0.15) is 0 Å². The largest absolute Gasteiger partial charge is 0.462 e. The van der Waals surface area contributed by atoms with E-state index in [-0.39, 0.29) is 29.5 Å². The van der Waals surface area contributed by atoms with Gasteiger partial charge in [0.05, 0.1) is 6.10 Å². The van der Waals surface area contributed by atoms with Crippen LogP contribution in [0.1, 0.15) is 71.6 Å². The lowest BCUT2D eigenvalue weighted by molar-refractivity contribution is -0.146. The van der Waals surface area contributed by atoms with E-state index >= 15 is 4.39 Å². The normalized spacial score (nSPS) is 46.7. The van der Waals surface area contributed by atoms with Crippen LogP contribution in [0.5, 0.6) is 0 Å². The van der Waals surface area contributed by atoms with Crippen molar-refractivity contribution in [2.75, 3.05) is 0 Å². The maximum Gasteiger partial charge on any atom is 0.302 e. The van der Waals surface area contributed by atoms with Crippen molar-refractivity contribution >= 4 is 5.97 Å². The lowest BCUT2D eigenvalue weighted by atomic mass is 9.56. The number of rotatable bonds is 1. The Balaban J connectivity index is 1.62. The van der Waals surface area contributed by atoms with Crippen molar-refractivity contribution < 1.29 is 19.0 Å². The van der Waals surface area contributed by atoms with Crippen LogP contribution in [0.25, 0.3) is 0 Å². The van der Waals surface area contributed by atoms with Gasteiger partial charge in [0, 0.05) is 19.3 Å². The SMILES string of the molecule is CC(=O)O[C@H]1CCC2=C(CC[C@H](F)[C@@H]3[C@@H]2CC[C@]2(C)[C@@H]3CC[C@@H]2O)C1. The molecule has 140 valence electrons. The number of hydrogen-bond donors (Lipinski definition) is 1. The van der Waals surface area contributed by atoms with Crippen LogP contribution in [0, 0.1) is 23.2 Å². The van der Waals surface area contributed by atoms with Crippen molar-refractivity contribution in [3.05, 3.63) is 11.1 Å². The first kappa shape index (κ1) is 17.5. The second-order valence-corrected chi connectivity index (χ2v) is 9.09. The molecule has 0 spiro atoms. The smallest absolute Gasteiger partial charge is 0.302 e. The average Bonchev–Trinajstić information content (AvgIpc) is 2.78. The number of hydrogen-bond acceptors (Lipinski definition) is 3. The summed E-state index contributed by atoms with van der Waals surface area (Å²) in [6.45, 7) is 3.66. The fourth-order valence-corrected chi connectivity index (χ4v) is 6.63. The lowest BCUT2D eigenvalue weighted by Gasteiger charge is -2.49. The first-order chi connectivity index (χ1) is 11.9. The van der Waals surface area contributed by atoms with Crippen LogP contribution >= 0.6 is 0 Å². The van der Waals surface area contributed by atoms with Gasteiger partial charge in [-0.05, 0) is 68.6 Å². The quantitative estimate of drug-likeness (QED) is 0.565. The first-order valence-corrected chi connectivity index (χ1v) is 10.1. The molecule has 4 heteroatoms. The van der Waals surface area contributed by atoms with Crippen LogP contribution in [-0.4, -0.2) is 29.5 Å². The van der Waals surface area contributed by atoms with Gasteiger partial charge in [0.25, 0.3) is 0 Å². The van der Waals surface area contributed by atoms with E-state index in [2.05, 4.69) is 6.92 Å². The molecular weight excluding hydrogens is 319 g/mol. The number of esters is 1. The number of fused-ring (bicyclic) bond motifs is 4. The predicted molar refractivity (Wildman–Crippen MR) is 93.6 cm³/mol. The molecular formula is C21H31FO3. The number of ether oxygens (including phenoxy) is 1. The minimum Gasteiger partial charge on any atom is -0.462 e. The highest BCUT2D eigenvalue weighted by Crippen LogP contribution is 2.60. The van der Waals surface area contributed by atoms with E-state index in [0.29, 0.717) is 18.3 Å². The van der Waals surface area contributed by atoms with Crippen molar-refractivity contribution in [2.45, 2.75) is 90.0 Å². The molecule has 0 aromatic heterocycles. The van der Waals surface area contributed by atoms with Gasteiger partial charge in [0.15, 0.2) is 0 Å². The molecule has 0 radical (unpaired) electrons. The topological polar surface area (TPSA) is 46.5 Å². The number of aliphatic hydroxyl groups is 1. The van der Waals surface area contributed by atoms with Gasteiger partial charge < -0.3 is 9.84 Å². The standard InChI is InChI=1S/C21H31FO3/c1-12(23)25-14-4-5-15-13(11-14)3-7-18(22)20-16(15)9-10-21(2)17(20)6-8-19(21)24/h14,16-20,24H,3-11H2,1-2H3/t14-,16+,17+,18-,19-,20+,21+/m0/s1. The Labute approximate surface area is 150 Å². The molecule has 0 amide bonds. The Morgan fingerprint density at radius 3 is 2.76 bits per heavy atom. The minimum absolute atomic E-state index is 0.0204. The molecule has 0 aromatic rings. The van der Waals surface area contributed by atoms with Crippen LogP contribution in [-0.2, 0) is 9.53 Å². The number of carbonyl (C=O) groups is 1. The minimum atomic E-state index is -0.766. The zero-order valence-electron chi connectivity index (χ0n) is 15.5. The van der Waals surface area contributed by atoms with Crippen molar-refractivity contribution in [1.29, 1.82) is 0 Å². The maximum absolute atomic E-state index is 15.3. The van der Waals surface area contributed by atoms with Gasteiger partial charge >= 0.3 is 5.97 Å². The van der Waals surface area contributed by atoms with Crippen LogP contribution in [0.3, 0.4) is 0 Å². The number of aliphatic hydroxyl groups excluding tert-OH is 1. The van der Waals surface area contributed by atoms with Crippen molar-refractivity contribution in [2.24, 2.45) is 23.2 Å². The van der Waals surface area contributed by atoms with Crippen molar-refractivity contribution in [3.63, 3.8) is 0 Å². The van der Waals surface area contributed by atoms with Crippen LogP contribution in [0.2, 0.25) is 0 Å². The third-order valence-electron chi connectivity index (χ3n) is 7.87. The zero-order chi connectivity index (χ0) is 17.8. The monoisotopic (exact) mass is 350 g/mol. The summed E-state index contributed by atoms with van der Waals surface area (Å²) in [6.07, 6.45) is 6.81. The van der Waals surface area contributed by atoms with E-state index in [4.69, 9.17) is 4.74 Å².